The summed E-state index contributed by atoms with van der Waals surface area (Å²) < 4.78 is 27.9. The summed E-state index contributed by atoms with van der Waals surface area (Å²) in [6, 6.07) is 15.0. The summed E-state index contributed by atoms with van der Waals surface area (Å²) in [7, 11) is 1.64. The molecule has 1 heterocycles. The normalized spacial score (nSPS) is 13.0. The second-order valence-electron chi connectivity index (χ2n) is 7.52. The molecule has 1 aromatic heterocycles. The zero-order chi connectivity index (χ0) is 21.7. The van der Waals surface area contributed by atoms with Crippen LogP contribution < -0.4 is 0 Å². The molecule has 0 N–H and O–H groups in total. The molecule has 30 heavy (non-hydrogen) atoms. The van der Waals surface area contributed by atoms with Gasteiger partial charge in [0.05, 0.1) is 11.4 Å². The molecule has 3 aromatic rings. The van der Waals surface area contributed by atoms with Crippen molar-refractivity contribution in [2.24, 2.45) is 16.1 Å². The number of benzene rings is 2. The predicted molar refractivity (Wildman–Crippen MR) is 114 cm³/mol. The van der Waals surface area contributed by atoms with Crippen LogP contribution >= 0.6 is 0 Å². The summed E-state index contributed by atoms with van der Waals surface area (Å²) in [5, 5.41) is 12.3. The zero-order valence-electron chi connectivity index (χ0n) is 17.4. The van der Waals surface area contributed by atoms with Gasteiger partial charge in [0, 0.05) is 24.9 Å². The first-order valence-electron chi connectivity index (χ1n) is 9.72. The second-order valence-corrected chi connectivity index (χ2v) is 7.52. The van der Waals surface area contributed by atoms with Crippen molar-refractivity contribution < 1.29 is 8.78 Å². The Hall–Kier alpha value is -3.22. The molecular formula is C23H25F2N5. The first-order chi connectivity index (χ1) is 14.2. The molecule has 0 saturated carbocycles. The van der Waals surface area contributed by atoms with Crippen molar-refractivity contribution in [1.82, 2.24) is 14.8 Å². The average Bonchev–Trinajstić information content (AvgIpc) is 3.18. The molecule has 0 aliphatic heterocycles. The largest absolute Gasteiger partial charge is 0.249 e. The first kappa shape index (κ1) is 21.5. The number of hydrogen-bond acceptors (Lipinski definition) is 4. The van der Waals surface area contributed by atoms with Crippen molar-refractivity contribution in [3.8, 4) is 17.1 Å². The van der Waals surface area contributed by atoms with E-state index in [4.69, 9.17) is 0 Å². The Kier molecular flexibility index (Phi) is 6.50. The number of halogens is 2. The molecule has 7 heteroatoms. The van der Waals surface area contributed by atoms with Crippen molar-refractivity contribution in [3.05, 3.63) is 78.3 Å². The Balaban J connectivity index is 1.69. The fourth-order valence-electron chi connectivity index (χ4n) is 3.13. The Bertz CT molecular complexity index is 1010. The Morgan fingerprint density at radius 2 is 1.73 bits per heavy atom. The maximum Gasteiger partial charge on any atom is 0.249 e. The number of hydrogen-bond donors (Lipinski definition) is 0. The van der Waals surface area contributed by atoms with Crippen molar-refractivity contribution >= 4 is 0 Å². The van der Waals surface area contributed by atoms with Gasteiger partial charge in [-0.2, -0.15) is 10.2 Å². The van der Waals surface area contributed by atoms with Crippen LogP contribution in [0.15, 0.2) is 77.4 Å². The highest BCUT2D eigenvalue weighted by molar-refractivity contribution is 5.55. The minimum Gasteiger partial charge on any atom is -0.220 e. The van der Waals surface area contributed by atoms with Gasteiger partial charge in [0.15, 0.2) is 5.82 Å². The van der Waals surface area contributed by atoms with E-state index < -0.39 is 5.92 Å². The number of azo groups is 1. The van der Waals surface area contributed by atoms with Crippen LogP contribution in [0.25, 0.3) is 17.1 Å². The van der Waals surface area contributed by atoms with Gasteiger partial charge in [-0.05, 0) is 36.6 Å². The Morgan fingerprint density at radius 1 is 1.10 bits per heavy atom. The zero-order valence-corrected chi connectivity index (χ0v) is 17.4. The number of aromatic nitrogens is 3. The van der Waals surface area contributed by atoms with Gasteiger partial charge in [0.1, 0.15) is 6.33 Å². The molecular weight excluding hydrogens is 384 g/mol. The van der Waals surface area contributed by atoms with Gasteiger partial charge < -0.3 is 0 Å². The SMILES string of the molecule is C=C(/N=N/C)C(C)Cc1ccc(-c2ncn(-c3ccc(CC(C)(F)F)cc3)n2)cc1. The van der Waals surface area contributed by atoms with Crippen LogP contribution in [0.3, 0.4) is 0 Å². The molecule has 0 aliphatic carbocycles. The van der Waals surface area contributed by atoms with Crippen LogP contribution in [0, 0.1) is 5.92 Å². The highest BCUT2D eigenvalue weighted by atomic mass is 19.3. The lowest BCUT2D eigenvalue weighted by molar-refractivity contribution is 0.0226. The lowest BCUT2D eigenvalue weighted by atomic mass is 9.98. The fourth-order valence-corrected chi connectivity index (χ4v) is 3.13. The second kappa shape index (κ2) is 9.07. The van der Waals surface area contributed by atoms with Crippen LogP contribution in [0.4, 0.5) is 8.78 Å². The smallest absolute Gasteiger partial charge is 0.220 e. The van der Waals surface area contributed by atoms with Crippen LogP contribution in [-0.2, 0) is 12.8 Å². The topological polar surface area (TPSA) is 55.4 Å². The minimum atomic E-state index is -2.72. The molecule has 0 amide bonds. The van der Waals surface area contributed by atoms with Crippen LogP contribution in [0.1, 0.15) is 25.0 Å². The van der Waals surface area contributed by atoms with Crippen molar-refractivity contribution in [1.29, 1.82) is 0 Å². The van der Waals surface area contributed by atoms with Gasteiger partial charge in [-0.3, -0.25) is 0 Å². The molecule has 156 valence electrons. The fraction of sp³-hybridized carbons (Fsp3) is 0.304. The van der Waals surface area contributed by atoms with E-state index in [1.54, 1.807) is 42.3 Å². The molecule has 1 atom stereocenters. The van der Waals surface area contributed by atoms with Gasteiger partial charge in [-0.1, -0.05) is 49.9 Å². The van der Waals surface area contributed by atoms with E-state index >= 15 is 0 Å². The Labute approximate surface area is 175 Å². The summed E-state index contributed by atoms with van der Waals surface area (Å²) in [5.74, 6) is -1.92. The third-order valence-corrected chi connectivity index (χ3v) is 4.76. The first-order valence-corrected chi connectivity index (χ1v) is 9.72. The van der Waals surface area contributed by atoms with Crippen LogP contribution in [0.5, 0.6) is 0 Å². The monoisotopic (exact) mass is 409 g/mol. The number of allylic oxidation sites excluding steroid dienone is 1. The highest BCUT2D eigenvalue weighted by Gasteiger charge is 2.21. The van der Waals surface area contributed by atoms with Crippen molar-refractivity contribution in [2.75, 3.05) is 7.05 Å². The van der Waals surface area contributed by atoms with E-state index in [0.717, 1.165) is 30.3 Å². The molecule has 0 saturated heterocycles. The molecule has 3 rings (SSSR count). The lowest BCUT2D eigenvalue weighted by Crippen LogP contribution is -2.13. The van der Waals surface area contributed by atoms with E-state index in [1.165, 1.54) is 5.56 Å². The maximum absolute atomic E-state index is 13.2. The van der Waals surface area contributed by atoms with E-state index in [0.29, 0.717) is 11.4 Å². The standard InChI is InChI=1S/C23H25F2N5/c1-16(17(2)28-26-4)13-18-5-9-20(10-6-18)22-27-15-30(29-22)21-11-7-19(8-12-21)14-23(3,24)25/h5-12,15-16H,2,13-14H2,1,3-4H3/b28-26+. The highest BCUT2D eigenvalue weighted by Crippen LogP contribution is 2.22. The third kappa shape index (κ3) is 5.65. The molecule has 0 radical (unpaired) electrons. The molecule has 0 aliphatic rings. The van der Waals surface area contributed by atoms with Gasteiger partial charge in [-0.15, -0.1) is 5.10 Å². The van der Waals surface area contributed by atoms with Gasteiger partial charge >= 0.3 is 0 Å². The van der Waals surface area contributed by atoms with Gasteiger partial charge in [0.2, 0.25) is 5.92 Å². The van der Waals surface area contributed by atoms with Crippen LogP contribution in [0.2, 0.25) is 0 Å². The quantitative estimate of drug-likeness (QED) is 0.435. The molecule has 5 nitrogen and oxygen atoms in total. The lowest BCUT2D eigenvalue weighted by Gasteiger charge is -2.10. The number of alkyl halides is 2. The van der Waals surface area contributed by atoms with Crippen molar-refractivity contribution in [2.45, 2.75) is 32.6 Å². The third-order valence-electron chi connectivity index (χ3n) is 4.76. The molecule has 0 fully saturated rings. The summed E-state index contributed by atoms with van der Waals surface area (Å²) in [4.78, 5) is 4.38. The molecule has 2 aromatic carbocycles. The maximum atomic E-state index is 13.2. The number of rotatable bonds is 8. The van der Waals surface area contributed by atoms with E-state index in [1.807, 2.05) is 24.3 Å². The van der Waals surface area contributed by atoms with Gasteiger partial charge in [0.25, 0.3) is 0 Å². The van der Waals surface area contributed by atoms with E-state index in [-0.39, 0.29) is 12.3 Å². The molecule has 0 bridgehead atoms. The minimum absolute atomic E-state index is 0.201. The van der Waals surface area contributed by atoms with Crippen LogP contribution in [-0.4, -0.2) is 27.7 Å². The molecule has 1 unspecified atom stereocenters. The summed E-state index contributed by atoms with van der Waals surface area (Å²) in [5.41, 5.74) is 4.18. The summed E-state index contributed by atoms with van der Waals surface area (Å²) >= 11 is 0. The predicted octanol–water partition coefficient (Wildman–Crippen LogP) is 5.91. The van der Waals surface area contributed by atoms with E-state index in [2.05, 4.69) is 33.8 Å². The van der Waals surface area contributed by atoms with E-state index in [9.17, 15) is 8.78 Å². The number of nitrogens with zero attached hydrogens (tertiary/aromatic N) is 5. The Morgan fingerprint density at radius 3 is 2.33 bits per heavy atom. The summed E-state index contributed by atoms with van der Waals surface area (Å²) in [6.07, 6.45) is 2.16. The average molecular weight is 409 g/mol. The molecule has 0 spiro atoms. The van der Waals surface area contributed by atoms with Gasteiger partial charge in [-0.25, -0.2) is 18.4 Å². The summed E-state index contributed by atoms with van der Waals surface area (Å²) in [6.45, 7) is 6.93. The van der Waals surface area contributed by atoms with Crippen molar-refractivity contribution in [3.63, 3.8) is 0 Å².